The number of rotatable bonds is 10. The predicted octanol–water partition coefficient (Wildman–Crippen LogP) is 3.39. The molecule has 0 radical (unpaired) electrons. The number of Topliss-reactive ketones (excluding diaryl/α,β-unsaturated/α-hetero) is 1. The number of esters is 1. The fraction of sp³-hybridized carbons (Fsp3) is 0.238. The molecule has 0 fully saturated rings. The lowest BCUT2D eigenvalue weighted by Gasteiger charge is -2.23. The Morgan fingerprint density at radius 3 is 2.25 bits per heavy atom. The largest absolute Gasteiger partial charge is 0.476 e. The summed E-state index contributed by atoms with van der Waals surface area (Å²) in [5.41, 5.74) is -1.52. The molecule has 0 aromatic heterocycles. The zero-order valence-corrected chi connectivity index (χ0v) is 17.2. The number of aliphatic hydroxyl groups is 1. The van der Waals surface area contributed by atoms with Crippen LogP contribution in [0, 0.1) is 26.1 Å². The molecule has 11 heteroatoms. The quantitative estimate of drug-likeness (QED) is 0.145. The van der Waals surface area contributed by atoms with Crippen LogP contribution in [0.2, 0.25) is 0 Å². The minimum atomic E-state index is -1.84. The van der Waals surface area contributed by atoms with Gasteiger partial charge < -0.3 is 14.6 Å². The maximum atomic E-state index is 13.3. The fourth-order valence-electron chi connectivity index (χ4n) is 3.18. The Balaban J connectivity index is 2.84. The molecule has 2 aromatic rings. The van der Waals surface area contributed by atoms with Crippen LogP contribution < -0.4 is 0 Å². The van der Waals surface area contributed by atoms with E-state index in [1.807, 2.05) is 0 Å². The van der Waals surface area contributed by atoms with Gasteiger partial charge in [-0.2, -0.15) is 0 Å². The third-order valence-corrected chi connectivity index (χ3v) is 4.56. The van der Waals surface area contributed by atoms with Crippen molar-refractivity contribution in [2.45, 2.75) is 12.8 Å². The number of hydrogen-bond acceptors (Lipinski definition) is 9. The molecule has 0 saturated carbocycles. The third kappa shape index (κ3) is 5.25. The minimum absolute atomic E-state index is 0.0561. The number of carbonyl (C=O) groups excluding carboxylic acids is 2. The molecule has 2 aromatic carbocycles. The van der Waals surface area contributed by atoms with E-state index in [1.165, 1.54) is 43.3 Å². The second kappa shape index (κ2) is 10.7. The van der Waals surface area contributed by atoms with E-state index in [0.717, 1.165) is 19.2 Å². The molecule has 0 aliphatic heterocycles. The van der Waals surface area contributed by atoms with Gasteiger partial charge in [-0.1, -0.05) is 42.5 Å². The van der Waals surface area contributed by atoms with Crippen LogP contribution in [0.3, 0.4) is 0 Å². The van der Waals surface area contributed by atoms with Crippen molar-refractivity contribution in [3.8, 4) is 0 Å². The summed E-state index contributed by atoms with van der Waals surface area (Å²) >= 11 is 0. The number of carbonyl (C=O) groups is 2. The Bertz CT molecular complexity index is 1050. The molecule has 0 aliphatic rings. The molecule has 0 spiro atoms. The van der Waals surface area contributed by atoms with E-state index in [4.69, 9.17) is 4.74 Å². The number of nitro benzene ring substituents is 1. The van der Waals surface area contributed by atoms with Crippen LogP contribution in [0.5, 0.6) is 0 Å². The Labute approximate surface area is 182 Å². The van der Waals surface area contributed by atoms with Crippen molar-refractivity contribution in [3.05, 3.63) is 97.6 Å². The molecule has 0 amide bonds. The van der Waals surface area contributed by atoms with Crippen molar-refractivity contribution in [1.29, 1.82) is 0 Å². The van der Waals surface area contributed by atoms with Gasteiger partial charge in [-0.05, 0) is 12.5 Å². The first-order valence-electron chi connectivity index (χ1n) is 9.34. The summed E-state index contributed by atoms with van der Waals surface area (Å²) in [7, 11) is 0.960. The standard InChI is InChI=1S/C21H20N2O9/c1-3-32-20(25)17(19(24)13-8-5-4-6-9-13)16(18(23(29)30)21(26)31-2)14-10-7-11-15(12-14)22(27)28/h4-12,16-17,26H,3H2,1-2H3. The second-order valence-electron chi connectivity index (χ2n) is 6.44. The van der Waals surface area contributed by atoms with Gasteiger partial charge in [0.2, 0.25) is 0 Å². The molecule has 0 aliphatic carbocycles. The minimum Gasteiger partial charge on any atom is -0.476 e. The molecule has 32 heavy (non-hydrogen) atoms. The Hall–Kier alpha value is -4.28. The van der Waals surface area contributed by atoms with Crippen LogP contribution in [-0.2, 0) is 14.3 Å². The lowest BCUT2D eigenvalue weighted by atomic mass is 9.79. The van der Waals surface area contributed by atoms with Gasteiger partial charge in [0.15, 0.2) is 5.78 Å². The number of nitro groups is 2. The molecule has 0 bridgehead atoms. The van der Waals surface area contributed by atoms with E-state index in [9.17, 15) is 34.9 Å². The zero-order chi connectivity index (χ0) is 23.8. The average Bonchev–Trinajstić information content (AvgIpc) is 2.78. The number of hydrogen-bond donors (Lipinski definition) is 1. The molecule has 2 rings (SSSR count). The van der Waals surface area contributed by atoms with Gasteiger partial charge in [-0.3, -0.25) is 29.8 Å². The number of ether oxygens (including phenoxy) is 2. The number of ketones is 1. The smallest absolute Gasteiger partial charge is 0.354 e. The van der Waals surface area contributed by atoms with Gasteiger partial charge in [0.1, 0.15) is 11.8 Å². The maximum absolute atomic E-state index is 13.3. The molecule has 2 atom stereocenters. The van der Waals surface area contributed by atoms with E-state index in [1.54, 1.807) is 6.07 Å². The van der Waals surface area contributed by atoms with Gasteiger partial charge in [0.25, 0.3) is 5.69 Å². The average molecular weight is 444 g/mol. The second-order valence-corrected chi connectivity index (χ2v) is 6.44. The van der Waals surface area contributed by atoms with Crippen molar-refractivity contribution in [2.75, 3.05) is 13.7 Å². The highest BCUT2D eigenvalue weighted by atomic mass is 16.6. The van der Waals surface area contributed by atoms with Crippen molar-refractivity contribution in [3.63, 3.8) is 0 Å². The number of allylic oxidation sites excluding steroid dienone is 1. The summed E-state index contributed by atoms with van der Waals surface area (Å²) in [5, 5.41) is 33.3. The summed E-state index contributed by atoms with van der Waals surface area (Å²) in [4.78, 5) is 47.6. The first kappa shape index (κ1) is 24.0. The molecular weight excluding hydrogens is 424 g/mol. The summed E-state index contributed by atoms with van der Waals surface area (Å²) in [5.74, 6) is -6.67. The topological polar surface area (TPSA) is 159 Å². The van der Waals surface area contributed by atoms with Gasteiger partial charge >= 0.3 is 17.6 Å². The van der Waals surface area contributed by atoms with Crippen LogP contribution >= 0.6 is 0 Å². The Morgan fingerprint density at radius 1 is 1.06 bits per heavy atom. The molecule has 0 saturated heterocycles. The van der Waals surface area contributed by atoms with Crippen LogP contribution in [0.25, 0.3) is 0 Å². The summed E-state index contributed by atoms with van der Waals surface area (Å²) in [6.45, 7) is 1.36. The highest BCUT2D eigenvalue weighted by molar-refractivity contribution is 6.09. The van der Waals surface area contributed by atoms with Crippen LogP contribution in [-0.4, -0.2) is 40.4 Å². The van der Waals surface area contributed by atoms with Gasteiger partial charge in [-0.15, -0.1) is 0 Å². The first-order chi connectivity index (χ1) is 15.2. The van der Waals surface area contributed by atoms with E-state index in [2.05, 4.69) is 4.74 Å². The molecule has 0 heterocycles. The van der Waals surface area contributed by atoms with E-state index in [-0.39, 0.29) is 17.7 Å². The molecule has 168 valence electrons. The lowest BCUT2D eigenvalue weighted by Crippen LogP contribution is -2.35. The Morgan fingerprint density at radius 2 is 1.72 bits per heavy atom. The zero-order valence-electron chi connectivity index (χ0n) is 17.2. The number of aliphatic hydroxyl groups excluding tert-OH is 1. The van der Waals surface area contributed by atoms with Crippen LogP contribution in [0.15, 0.2) is 66.2 Å². The van der Waals surface area contributed by atoms with Gasteiger partial charge in [0, 0.05) is 17.7 Å². The van der Waals surface area contributed by atoms with Crippen molar-refractivity contribution < 1.29 is 34.0 Å². The number of non-ortho nitro benzene ring substituents is 1. The summed E-state index contributed by atoms with van der Waals surface area (Å²) in [6.07, 6.45) is 0. The molecule has 11 nitrogen and oxygen atoms in total. The van der Waals surface area contributed by atoms with E-state index >= 15 is 0 Å². The van der Waals surface area contributed by atoms with Crippen molar-refractivity contribution in [2.24, 2.45) is 5.92 Å². The number of methoxy groups -OCH3 is 1. The molecular formula is C21H20N2O9. The molecule has 1 N–H and O–H groups in total. The van der Waals surface area contributed by atoms with Crippen molar-refractivity contribution in [1.82, 2.24) is 0 Å². The van der Waals surface area contributed by atoms with Gasteiger partial charge in [-0.25, -0.2) is 0 Å². The third-order valence-electron chi connectivity index (χ3n) is 4.56. The van der Waals surface area contributed by atoms with Crippen LogP contribution in [0.4, 0.5) is 5.69 Å². The Kier molecular flexibility index (Phi) is 7.99. The maximum Gasteiger partial charge on any atom is 0.354 e. The summed E-state index contributed by atoms with van der Waals surface area (Å²) in [6, 6.07) is 12.2. The highest BCUT2D eigenvalue weighted by Gasteiger charge is 2.47. The van der Waals surface area contributed by atoms with Gasteiger partial charge in [0.05, 0.1) is 23.6 Å². The fourth-order valence-corrected chi connectivity index (χ4v) is 3.18. The lowest BCUT2D eigenvalue weighted by molar-refractivity contribution is -0.436. The predicted molar refractivity (Wildman–Crippen MR) is 110 cm³/mol. The molecule has 2 unspecified atom stereocenters. The number of benzene rings is 2. The van der Waals surface area contributed by atoms with E-state index < -0.39 is 50.8 Å². The normalized spacial score (nSPS) is 13.3. The first-order valence-corrected chi connectivity index (χ1v) is 9.34. The highest BCUT2D eigenvalue weighted by Crippen LogP contribution is 2.38. The van der Waals surface area contributed by atoms with E-state index in [0.29, 0.717) is 0 Å². The summed E-state index contributed by atoms with van der Waals surface area (Å²) < 4.78 is 9.63. The van der Waals surface area contributed by atoms with Crippen LogP contribution in [0.1, 0.15) is 28.8 Å². The van der Waals surface area contributed by atoms with Crippen molar-refractivity contribution >= 4 is 17.4 Å². The SMILES string of the molecule is CCOC(=O)C(C(=O)c1ccccc1)C(C(=C(O)OC)[N+](=O)[O-])c1cccc([N+](=O)[O-])c1. The monoisotopic (exact) mass is 444 g/mol. The number of nitrogens with zero attached hydrogens (tertiary/aromatic N) is 2.